The number of nitriles is 1. The summed E-state index contributed by atoms with van der Waals surface area (Å²) in [6, 6.07) is 16.6. The number of hydrogen-bond acceptors (Lipinski definition) is 11. The van der Waals surface area contributed by atoms with E-state index >= 15 is 0 Å². The summed E-state index contributed by atoms with van der Waals surface area (Å²) in [6.45, 7) is 3.88. The van der Waals surface area contributed by atoms with Crippen molar-refractivity contribution < 1.29 is 38.4 Å². The molecule has 0 aliphatic carbocycles. The number of nitrogens with one attached hydrogen (secondary N) is 3. The van der Waals surface area contributed by atoms with Gasteiger partial charge in [0.25, 0.3) is 0 Å². The molecule has 4 N–H and O–H groups in total. The van der Waals surface area contributed by atoms with Crippen LogP contribution in [0, 0.1) is 14.9 Å². The van der Waals surface area contributed by atoms with Crippen LogP contribution in [0.15, 0.2) is 71.0 Å². The number of benzene rings is 3. The molecule has 3 aromatic rings. The number of esters is 1. The van der Waals surface area contributed by atoms with Gasteiger partial charge >= 0.3 is 12.0 Å². The number of methoxy groups -OCH3 is 2. The predicted octanol–water partition coefficient (Wildman–Crippen LogP) is 4.27. The van der Waals surface area contributed by atoms with E-state index in [4.69, 9.17) is 28.9 Å². The third-order valence-corrected chi connectivity index (χ3v) is 7.63. The molecule has 2 amide bonds. The van der Waals surface area contributed by atoms with Gasteiger partial charge < -0.3 is 39.4 Å². The predicted molar refractivity (Wildman–Crippen MR) is 180 cm³/mol. The van der Waals surface area contributed by atoms with Crippen LogP contribution in [-0.2, 0) is 16.1 Å². The summed E-state index contributed by atoms with van der Waals surface area (Å²) >= 11 is 2.15. The molecule has 0 saturated heterocycles. The highest BCUT2D eigenvalue weighted by Crippen LogP contribution is 2.36. The Bertz CT molecular complexity index is 1700. The molecule has 0 radical (unpaired) electrons. The van der Waals surface area contributed by atoms with Crippen molar-refractivity contribution in [2.75, 3.05) is 27.4 Å². The third kappa shape index (κ3) is 9.05. The summed E-state index contributed by atoms with van der Waals surface area (Å²) in [5.41, 5.74) is 6.04. The van der Waals surface area contributed by atoms with Crippen LogP contribution >= 0.6 is 22.6 Å². The molecule has 14 heteroatoms. The summed E-state index contributed by atoms with van der Waals surface area (Å²) in [5, 5.41) is 28.9. The lowest BCUT2D eigenvalue weighted by Crippen LogP contribution is -2.45. The number of ether oxygens (including phenoxy) is 5. The van der Waals surface area contributed by atoms with Crippen molar-refractivity contribution in [2.24, 2.45) is 5.10 Å². The number of nitrogens with zero attached hydrogens (tertiary/aromatic N) is 2. The molecular formula is C33H34IN5O8. The number of amides is 2. The Morgan fingerprint density at radius 1 is 1.11 bits per heavy atom. The first-order valence-corrected chi connectivity index (χ1v) is 15.5. The number of hydrazone groups is 1. The van der Waals surface area contributed by atoms with Crippen molar-refractivity contribution in [3.8, 4) is 29.1 Å². The van der Waals surface area contributed by atoms with Gasteiger partial charge in [0.2, 0.25) is 0 Å². The van der Waals surface area contributed by atoms with Crippen molar-refractivity contribution in [1.29, 1.82) is 5.26 Å². The molecule has 1 heterocycles. The van der Waals surface area contributed by atoms with E-state index in [1.807, 2.05) is 25.1 Å². The molecule has 0 spiro atoms. The quantitative estimate of drug-likeness (QED) is 0.0612. The van der Waals surface area contributed by atoms with Crippen molar-refractivity contribution in [1.82, 2.24) is 16.1 Å². The van der Waals surface area contributed by atoms with Gasteiger partial charge in [-0.1, -0.05) is 18.2 Å². The largest absolute Gasteiger partial charge is 0.493 e. The molecule has 3 aromatic carbocycles. The minimum atomic E-state index is -1.17. The molecule has 246 valence electrons. The standard InChI is InChI=1S/C33H34IN5O8/c1-5-45-26-14-23(30-29(32(41)44-4)19(2)37-33(42)38-30)10-11-25(26)46-18-28(40)39-36-16-22-12-24(34)31(27(13-22)43-3)47-17-21-8-6-20(15-35)7-9-21/h6-14,16,28,30,39-40H,5,17-18H2,1-4H3,(H2,37,38,42)/b36-16+/t28-,30-/m1/s1. The van der Waals surface area contributed by atoms with E-state index in [9.17, 15) is 14.7 Å². The number of halogens is 1. The molecule has 1 aliphatic heterocycles. The lowest BCUT2D eigenvalue weighted by Gasteiger charge is -2.28. The molecule has 47 heavy (non-hydrogen) atoms. The molecule has 0 aromatic heterocycles. The maximum atomic E-state index is 12.5. The first kappa shape index (κ1) is 34.9. The van der Waals surface area contributed by atoms with E-state index in [0.29, 0.717) is 58.6 Å². The lowest BCUT2D eigenvalue weighted by molar-refractivity contribution is -0.136. The van der Waals surface area contributed by atoms with E-state index in [1.165, 1.54) is 13.3 Å². The zero-order valence-electron chi connectivity index (χ0n) is 26.1. The fourth-order valence-corrected chi connectivity index (χ4v) is 5.39. The topological polar surface area (TPSA) is 173 Å². The Kier molecular flexibility index (Phi) is 12.3. The second kappa shape index (κ2) is 16.5. The summed E-state index contributed by atoms with van der Waals surface area (Å²) < 4.78 is 28.8. The van der Waals surface area contributed by atoms with Crippen LogP contribution in [0.5, 0.6) is 23.0 Å². The maximum absolute atomic E-state index is 12.5. The Labute approximate surface area is 285 Å². The SMILES string of the molecule is CCOc1cc([C@H]2NC(=O)NC(C)=C2C(=O)OC)ccc1OC[C@@H](O)N/N=C/c1cc(I)c(OCc2ccc(C#N)cc2)c(OC)c1. The van der Waals surface area contributed by atoms with Crippen LogP contribution < -0.4 is 35.0 Å². The van der Waals surface area contributed by atoms with Gasteiger partial charge in [0, 0.05) is 5.70 Å². The van der Waals surface area contributed by atoms with Gasteiger partial charge in [0.15, 0.2) is 29.2 Å². The highest BCUT2D eigenvalue weighted by Gasteiger charge is 2.32. The highest BCUT2D eigenvalue weighted by atomic mass is 127. The molecule has 0 fully saturated rings. The van der Waals surface area contributed by atoms with Gasteiger partial charge in [-0.3, -0.25) is 5.43 Å². The summed E-state index contributed by atoms with van der Waals surface area (Å²) in [5.74, 6) is 1.21. The van der Waals surface area contributed by atoms with Gasteiger partial charge in [0.05, 0.1) is 53.9 Å². The number of hydrogen-bond donors (Lipinski definition) is 4. The molecule has 4 rings (SSSR count). The number of aliphatic hydroxyl groups excluding tert-OH is 1. The monoisotopic (exact) mass is 755 g/mol. The molecule has 1 aliphatic rings. The average Bonchev–Trinajstić information content (AvgIpc) is 3.06. The van der Waals surface area contributed by atoms with E-state index in [2.05, 4.69) is 49.8 Å². The summed E-state index contributed by atoms with van der Waals surface area (Å²) in [6.07, 6.45) is 0.358. The Hall–Kier alpha value is -5.01. The number of carbonyl (C=O) groups is 2. The molecule has 0 unspecified atom stereocenters. The molecule has 0 bridgehead atoms. The number of aliphatic hydroxyl groups is 1. The molecular weight excluding hydrogens is 721 g/mol. The minimum Gasteiger partial charge on any atom is -0.493 e. The summed E-state index contributed by atoms with van der Waals surface area (Å²) in [7, 11) is 2.81. The van der Waals surface area contributed by atoms with Crippen LogP contribution in [0.25, 0.3) is 0 Å². The second-order valence-corrected chi connectivity index (χ2v) is 11.2. The lowest BCUT2D eigenvalue weighted by atomic mass is 9.95. The van der Waals surface area contributed by atoms with Gasteiger partial charge in [-0.25, -0.2) is 9.59 Å². The van der Waals surface area contributed by atoms with E-state index in [1.54, 1.807) is 50.4 Å². The van der Waals surface area contributed by atoms with Crippen LogP contribution in [-0.4, -0.2) is 57.0 Å². The van der Waals surface area contributed by atoms with Crippen LogP contribution in [0.3, 0.4) is 0 Å². The van der Waals surface area contributed by atoms with Crippen LogP contribution in [0.2, 0.25) is 0 Å². The first-order valence-electron chi connectivity index (χ1n) is 14.4. The zero-order chi connectivity index (χ0) is 33.9. The van der Waals surface area contributed by atoms with Gasteiger partial charge in [-0.2, -0.15) is 10.4 Å². The zero-order valence-corrected chi connectivity index (χ0v) is 28.3. The van der Waals surface area contributed by atoms with Crippen LogP contribution in [0.1, 0.15) is 42.1 Å². The van der Waals surface area contributed by atoms with Gasteiger partial charge in [-0.05, 0) is 89.5 Å². The number of allylic oxidation sites excluding steroid dienone is 1. The van der Waals surface area contributed by atoms with Gasteiger partial charge in [-0.15, -0.1) is 0 Å². The van der Waals surface area contributed by atoms with E-state index in [0.717, 1.165) is 9.13 Å². The summed E-state index contributed by atoms with van der Waals surface area (Å²) in [4.78, 5) is 24.6. The fraction of sp³-hybridized carbons (Fsp3) is 0.273. The first-order chi connectivity index (χ1) is 22.7. The maximum Gasteiger partial charge on any atom is 0.337 e. The smallest absolute Gasteiger partial charge is 0.337 e. The average molecular weight is 756 g/mol. The minimum absolute atomic E-state index is 0.170. The number of urea groups is 1. The van der Waals surface area contributed by atoms with Crippen LogP contribution in [0.4, 0.5) is 4.79 Å². The van der Waals surface area contributed by atoms with Crippen molar-refractivity contribution in [2.45, 2.75) is 32.7 Å². The second-order valence-electron chi connectivity index (χ2n) is 10.0. The number of rotatable bonds is 14. The number of carbonyl (C=O) groups excluding carboxylic acids is 2. The Balaban J connectivity index is 1.38. The van der Waals surface area contributed by atoms with Gasteiger partial charge in [0.1, 0.15) is 13.2 Å². The normalized spacial score (nSPS) is 14.8. The molecule has 13 nitrogen and oxygen atoms in total. The Morgan fingerprint density at radius 2 is 1.87 bits per heavy atom. The van der Waals surface area contributed by atoms with E-state index < -0.39 is 24.3 Å². The highest BCUT2D eigenvalue weighted by molar-refractivity contribution is 14.1. The van der Waals surface area contributed by atoms with Crippen molar-refractivity contribution >= 4 is 40.8 Å². The van der Waals surface area contributed by atoms with Crippen molar-refractivity contribution in [3.63, 3.8) is 0 Å². The Morgan fingerprint density at radius 3 is 2.55 bits per heavy atom. The van der Waals surface area contributed by atoms with Crippen molar-refractivity contribution in [3.05, 3.63) is 91.7 Å². The van der Waals surface area contributed by atoms with E-state index in [-0.39, 0.29) is 12.2 Å². The fourth-order valence-electron chi connectivity index (χ4n) is 4.61. The molecule has 2 atom stereocenters. The molecule has 0 saturated carbocycles. The third-order valence-electron chi connectivity index (χ3n) is 6.83.